The fourth-order valence-electron chi connectivity index (χ4n) is 2.34. The molecule has 2 rings (SSSR count). The van der Waals surface area contributed by atoms with Crippen molar-refractivity contribution in [3.05, 3.63) is 29.8 Å². The molecule has 0 aromatic heterocycles. The Labute approximate surface area is 123 Å². The molecular formula is C15H19N3O3. The molecule has 0 aliphatic carbocycles. The molecule has 0 radical (unpaired) electrons. The van der Waals surface area contributed by atoms with E-state index in [2.05, 4.69) is 10.6 Å². The number of ketones is 1. The molecule has 1 atom stereocenters. The molecule has 112 valence electrons. The van der Waals surface area contributed by atoms with Gasteiger partial charge >= 0.3 is 6.03 Å². The quantitative estimate of drug-likeness (QED) is 0.830. The normalized spacial score (nSPS) is 17.4. The summed E-state index contributed by atoms with van der Waals surface area (Å²) in [5, 5.41) is 5.60. The molecule has 1 aliphatic rings. The molecule has 21 heavy (non-hydrogen) atoms. The van der Waals surface area contributed by atoms with Gasteiger partial charge < -0.3 is 15.5 Å². The van der Waals surface area contributed by atoms with Gasteiger partial charge in [0.2, 0.25) is 5.91 Å². The Hall–Kier alpha value is -2.37. The fourth-order valence-corrected chi connectivity index (χ4v) is 2.34. The minimum Gasteiger partial charge on any atom is -0.352 e. The third-order valence-electron chi connectivity index (χ3n) is 3.43. The van der Waals surface area contributed by atoms with Crippen LogP contribution in [-0.2, 0) is 4.79 Å². The number of carbonyl (C=O) groups excluding carboxylic acids is 3. The van der Waals surface area contributed by atoms with Crippen molar-refractivity contribution in [1.29, 1.82) is 0 Å². The number of likely N-dealkylation sites (tertiary alicyclic amines) is 1. The van der Waals surface area contributed by atoms with E-state index >= 15 is 0 Å². The molecule has 1 aromatic rings. The maximum atomic E-state index is 12.1. The molecule has 6 nitrogen and oxygen atoms in total. The van der Waals surface area contributed by atoms with Crippen LogP contribution in [0.15, 0.2) is 24.3 Å². The van der Waals surface area contributed by atoms with Gasteiger partial charge in [0.05, 0.1) is 0 Å². The number of nitrogens with one attached hydrogen (secondary N) is 2. The second kappa shape index (κ2) is 6.39. The van der Waals surface area contributed by atoms with Gasteiger partial charge in [-0.05, 0) is 37.6 Å². The summed E-state index contributed by atoms with van der Waals surface area (Å²) >= 11 is 0. The molecule has 1 saturated heterocycles. The van der Waals surface area contributed by atoms with Crippen LogP contribution in [0.4, 0.5) is 10.5 Å². The maximum Gasteiger partial charge on any atom is 0.321 e. The topological polar surface area (TPSA) is 78.5 Å². The molecule has 0 spiro atoms. The lowest BCUT2D eigenvalue weighted by atomic mass is 10.1. The van der Waals surface area contributed by atoms with E-state index in [9.17, 15) is 14.4 Å². The van der Waals surface area contributed by atoms with Crippen LogP contribution in [0.1, 0.15) is 30.6 Å². The third kappa shape index (κ3) is 4.05. The Morgan fingerprint density at radius 3 is 2.38 bits per heavy atom. The predicted molar refractivity (Wildman–Crippen MR) is 79.3 cm³/mol. The van der Waals surface area contributed by atoms with Crippen LogP contribution in [0.2, 0.25) is 0 Å². The smallest absolute Gasteiger partial charge is 0.321 e. The van der Waals surface area contributed by atoms with Gasteiger partial charge in [-0.15, -0.1) is 0 Å². The van der Waals surface area contributed by atoms with Crippen molar-refractivity contribution >= 4 is 23.4 Å². The number of benzene rings is 1. The van der Waals surface area contributed by atoms with Crippen molar-refractivity contribution in [3.63, 3.8) is 0 Å². The molecular weight excluding hydrogens is 270 g/mol. The van der Waals surface area contributed by atoms with Crippen LogP contribution >= 0.6 is 0 Å². The highest BCUT2D eigenvalue weighted by Crippen LogP contribution is 2.14. The van der Waals surface area contributed by atoms with Crippen LogP contribution < -0.4 is 10.6 Å². The van der Waals surface area contributed by atoms with Gasteiger partial charge in [-0.3, -0.25) is 9.59 Å². The lowest BCUT2D eigenvalue weighted by Crippen LogP contribution is -2.38. The molecule has 3 amide bonds. The van der Waals surface area contributed by atoms with Crippen molar-refractivity contribution in [1.82, 2.24) is 10.2 Å². The van der Waals surface area contributed by atoms with E-state index in [0.717, 1.165) is 6.42 Å². The van der Waals surface area contributed by atoms with Crippen LogP contribution in [0.25, 0.3) is 0 Å². The maximum absolute atomic E-state index is 12.1. The van der Waals surface area contributed by atoms with Crippen molar-refractivity contribution in [3.8, 4) is 0 Å². The second-order valence-corrected chi connectivity index (χ2v) is 5.20. The summed E-state index contributed by atoms with van der Waals surface area (Å²) in [5.41, 5.74) is 1.26. The SMILES string of the molecule is CC(=O)NC1CCN(C(=O)Nc2ccc(C(C)=O)cc2)C1. The first-order chi connectivity index (χ1) is 9.95. The van der Waals surface area contributed by atoms with Gasteiger partial charge in [0.25, 0.3) is 0 Å². The fraction of sp³-hybridized carbons (Fsp3) is 0.400. The Balaban J connectivity index is 1.90. The Bertz CT molecular complexity index is 554. The summed E-state index contributed by atoms with van der Waals surface area (Å²) in [6, 6.07) is 6.60. The largest absolute Gasteiger partial charge is 0.352 e. The zero-order chi connectivity index (χ0) is 15.4. The van der Waals surface area contributed by atoms with Crippen LogP contribution in [-0.4, -0.2) is 41.8 Å². The number of urea groups is 1. The predicted octanol–water partition coefficient (Wildman–Crippen LogP) is 1.63. The van der Waals surface area contributed by atoms with Crippen LogP contribution in [0.5, 0.6) is 0 Å². The monoisotopic (exact) mass is 289 g/mol. The molecule has 1 aliphatic heterocycles. The molecule has 0 bridgehead atoms. The number of amides is 3. The van der Waals surface area contributed by atoms with Gasteiger partial charge in [-0.25, -0.2) is 4.79 Å². The van der Waals surface area contributed by atoms with Crippen molar-refractivity contribution in [2.24, 2.45) is 0 Å². The zero-order valence-electron chi connectivity index (χ0n) is 12.2. The van der Waals surface area contributed by atoms with E-state index < -0.39 is 0 Å². The summed E-state index contributed by atoms with van der Waals surface area (Å²) in [6.45, 7) is 4.10. The van der Waals surface area contributed by atoms with Gasteiger partial charge in [-0.1, -0.05) is 0 Å². The van der Waals surface area contributed by atoms with Crippen molar-refractivity contribution in [2.75, 3.05) is 18.4 Å². The Morgan fingerprint density at radius 2 is 1.81 bits per heavy atom. The average molecular weight is 289 g/mol. The molecule has 1 heterocycles. The summed E-state index contributed by atoms with van der Waals surface area (Å²) in [5.74, 6) is -0.0901. The number of rotatable bonds is 3. The van der Waals surface area contributed by atoms with Gasteiger partial charge in [0.1, 0.15) is 0 Å². The summed E-state index contributed by atoms with van der Waals surface area (Å²) in [4.78, 5) is 35.9. The number of anilines is 1. The minimum absolute atomic E-state index is 0.00873. The van der Waals surface area contributed by atoms with E-state index in [-0.39, 0.29) is 23.8 Å². The number of hydrogen-bond acceptors (Lipinski definition) is 3. The van der Waals surface area contributed by atoms with E-state index in [1.807, 2.05) is 0 Å². The van der Waals surface area contributed by atoms with Crippen molar-refractivity contribution in [2.45, 2.75) is 26.3 Å². The summed E-state index contributed by atoms with van der Waals surface area (Å²) in [7, 11) is 0. The standard InChI is InChI=1S/C15H19N3O3/c1-10(19)12-3-5-13(6-4-12)17-15(21)18-8-7-14(9-18)16-11(2)20/h3-6,14H,7-9H2,1-2H3,(H,16,20)(H,17,21). The molecule has 6 heteroatoms. The zero-order valence-corrected chi connectivity index (χ0v) is 12.2. The lowest BCUT2D eigenvalue weighted by molar-refractivity contribution is -0.119. The van der Waals surface area contributed by atoms with Crippen LogP contribution in [0, 0.1) is 0 Å². The lowest BCUT2D eigenvalue weighted by Gasteiger charge is -2.17. The number of nitrogens with zero attached hydrogens (tertiary/aromatic N) is 1. The second-order valence-electron chi connectivity index (χ2n) is 5.20. The number of carbonyl (C=O) groups is 3. The number of Topliss-reactive ketones (excluding diaryl/α,β-unsaturated/α-hetero) is 1. The molecule has 1 unspecified atom stereocenters. The summed E-state index contributed by atoms with van der Waals surface area (Å²) in [6.07, 6.45) is 0.760. The van der Waals surface area contributed by atoms with Gasteiger partial charge in [-0.2, -0.15) is 0 Å². The summed E-state index contributed by atoms with van der Waals surface area (Å²) < 4.78 is 0. The first-order valence-electron chi connectivity index (χ1n) is 6.89. The van der Waals surface area contributed by atoms with Crippen LogP contribution in [0.3, 0.4) is 0 Å². The molecule has 1 fully saturated rings. The van der Waals surface area contributed by atoms with E-state index in [0.29, 0.717) is 24.3 Å². The molecule has 1 aromatic carbocycles. The molecule has 2 N–H and O–H groups in total. The van der Waals surface area contributed by atoms with E-state index in [1.54, 1.807) is 29.2 Å². The first-order valence-corrected chi connectivity index (χ1v) is 6.89. The highest BCUT2D eigenvalue weighted by atomic mass is 16.2. The third-order valence-corrected chi connectivity index (χ3v) is 3.43. The van der Waals surface area contributed by atoms with Crippen molar-refractivity contribution < 1.29 is 14.4 Å². The average Bonchev–Trinajstić information content (AvgIpc) is 2.87. The number of hydrogen-bond donors (Lipinski definition) is 2. The minimum atomic E-state index is -0.196. The Kier molecular flexibility index (Phi) is 4.57. The first kappa shape index (κ1) is 15.0. The highest BCUT2D eigenvalue weighted by Gasteiger charge is 2.26. The Morgan fingerprint density at radius 1 is 1.14 bits per heavy atom. The van der Waals surface area contributed by atoms with E-state index in [4.69, 9.17) is 0 Å². The van der Waals surface area contributed by atoms with Gasteiger partial charge in [0, 0.05) is 37.3 Å². The van der Waals surface area contributed by atoms with Gasteiger partial charge in [0.15, 0.2) is 5.78 Å². The highest BCUT2D eigenvalue weighted by molar-refractivity contribution is 5.95. The molecule has 0 saturated carbocycles. The van der Waals surface area contributed by atoms with E-state index in [1.165, 1.54) is 13.8 Å².